The van der Waals surface area contributed by atoms with Crippen LogP contribution in [-0.2, 0) is 9.53 Å². The fourth-order valence-corrected chi connectivity index (χ4v) is 3.06. The Morgan fingerprint density at radius 1 is 1.24 bits per heavy atom. The molecule has 1 heterocycles. The van der Waals surface area contributed by atoms with Crippen molar-refractivity contribution in [1.29, 1.82) is 0 Å². The third-order valence-electron chi connectivity index (χ3n) is 4.09. The average Bonchev–Trinajstić information content (AvgIpc) is 2.57. The summed E-state index contributed by atoms with van der Waals surface area (Å²) in [6.07, 6.45) is 4.23. The Labute approximate surface area is 103 Å². The lowest BCUT2D eigenvalue weighted by Gasteiger charge is -2.36. The van der Waals surface area contributed by atoms with Gasteiger partial charge in [0.15, 0.2) is 0 Å². The molecule has 0 aromatic carbocycles. The van der Waals surface area contributed by atoms with Gasteiger partial charge >= 0.3 is 0 Å². The van der Waals surface area contributed by atoms with Crippen LogP contribution in [0.4, 0.5) is 0 Å². The molecule has 3 atom stereocenters. The van der Waals surface area contributed by atoms with Crippen molar-refractivity contribution in [3.63, 3.8) is 0 Å². The van der Waals surface area contributed by atoms with Crippen LogP contribution in [0.25, 0.3) is 0 Å². The van der Waals surface area contributed by atoms with E-state index in [0.29, 0.717) is 12.5 Å². The van der Waals surface area contributed by atoms with Crippen molar-refractivity contribution in [2.45, 2.75) is 38.6 Å². The molecule has 3 unspecified atom stereocenters. The Balaban J connectivity index is 2.01. The lowest BCUT2D eigenvalue weighted by atomic mass is 9.76. The van der Waals surface area contributed by atoms with Crippen LogP contribution in [0.5, 0.6) is 0 Å². The van der Waals surface area contributed by atoms with E-state index in [0.717, 1.165) is 45.4 Å². The Morgan fingerprint density at radius 2 is 2.06 bits per heavy atom. The normalized spacial score (nSPS) is 35.4. The monoisotopic (exact) mass is 240 g/mol. The van der Waals surface area contributed by atoms with Crippen molar-refractivity contribution in [3.8, 4) is 0 Å². The second kappa shape index (κ2) is 5.83. The van der Waals surface area contributed by atoms with E-state index in [1.807, 2.05) is 4.90 Å². The molecule has 0 aromatic heterocycles. The molecule has 2 rings (SSSR count). The third-order valence-corrected chi connectivity index (χ3v) is 4.09. The first kappa shape index (κ1) is 12.8. The van der Waals surface area contributed by atoms with Gasteiger partial charge in [0.05, 0.1) is 12.5 Å². The van der Waals surface area contributed by atoms with Gasteiger partial charge in [-0.05, 0) is 25.2 Å². The zero-order valence-corrected chi connectivity index (χ0v) is 10.7. The summed E-state index contributed by atoms with van der Waals surface area (Å²) in [5, 5.41) is 0. The van der Waals surface area contributed by atoms with Crippen LogP contribution >= 0.6 is 0 Å². The molecule has 0 bridgehead atoms. The fourth-order valence-electron chi connectivity index (χ4n) is 3.06. The molecule has 17 heavy (non-hydrogen) atoms. The number of carbonyl (C=O) groups is 1. The number of nitrogens with two attached hydrogens (primary N) is 1. The second-order valence-electron chi connectivity index (χ2n) is 5.39. The summed E-state index contributed by atoms with van der Waals surface area (Å²) < 4.78 is 5.39. The summed E-state index contributed by atoms with van der Waals surface area (Å²) in [6.45, 7) is 5.16. The molecule has 4 nitrogen and oxygen atoms in total. The van der Waals surface area contributed by atoms with Gasteiger partial charge in [0.1, 0.15) is 0 Å². The molecule has 0 radical (unpaired) electrons. The van der Waals surface area contributed by atoms with Gasteiger partial charge in [0.2, 0.25) is 5.91 Å². The molecule has 1 aliphatic carbocycles. The number of amides is 1. The number of carbonyl (C=O) groups excluding carboxylic acids is 1. The van der Waals surface area contributed by atoms with Gasteiger partial charge in [-0.3, -0.25) is 4.79 Å². The van der Waals surface area contributed by atoms with Gasteiger partial charge in [0, 0.05) is 25.7 Å². The molecule has 0 aromatic rings. The van der Waals surface area contributed by atoms with E-state index in [1.165, 1.54) is 0 Å². The van der Waals surface area contributed by atoms with Crippen molar-refractivity contribution >= 4 is 5.91 Å². The maximum absolute atomic E-state index is 12.5. The van der Waals surface area contributed by atoms with Crippen LogP contribution in [0, 0.1) is 11.8 Å². The molecule has 0 spiro atoms. The fraction of sp³-hybridized carbons (Fsp3) is 0.923. The molecule has 98 valence electrons. The smallest absolute Gasteiger partial charge is 0.227 e. The molecular weight excluding hydrogens is 216 g/mol. The molecule has 4 heteroatoms. The quantitative estimate of drug-likeness (QED) is 0.744. The molecule has 1 amide bonds. The van der Waals surface area contributed by atoms with E-state index < -0.39 is 0 Å². The highest BCUT2D eigenvalue weighted by Crippen LogP contribution is 2.30. The van der Waals surface area contributed by atoms with Gasteiger partial charge in [0.25, 0.3) is 0 Å². The van der Waals surface area contributed by atoms with Crippen molar-refractivity contribution in [1.82, 2.24) is 4.90 Å². The van der Waals surface area contributed by atoms with Gasteiger partial charge in [-0.2, -0.15) is 0 Å². The number of hydrogen-bond donors (Lipinski definition) is 1. The van der Waals surface area contributed by atoms with Crippen LogP contribution in [0.15, 0.2) is 0 Å². The predicted octanol–water partition coefficient (Wildman–Crippen LogP) is 0.999. The summed E-state index contributed by atoms with van der Waals surface area (Å²) in [7, 11) is 0. The Morgan fingerprint density at radius 3 is 2.82 bits per heavy atom. The third kappa shape index (κ3) is 2.99. The highest BCUT2D eigenvalue weighted by atomic mass is 16.5. The second-order valence-corrected chi connectivity index (χ2v) is 5.39. The van der Waals surface area contributed by atoms with Crippen LogP contribution in [0.3, 0.4) is 0 Å². The van der Waals surface area contributed by atoms with Crippen LogP contribution in [0.1, 0.15) is 32.6 Å². The minimum absolute atomic E-state index is 0.0295. The zero-order chi connectivity index (χ0) is 12.3. The van der Waals surface area contributed by atoms with Crippen LogP contribution in [0.2, 0.25) is 0 Å². The molecule has 1 saturated carbocycles. The molecular formula is C13H24N2O2. The summed E-state index contributed by atoms with van der Waals surface area (Å²) in [5.74, 6) is 0.715. The van der Waals surface area contributed by atoms with Gasteiger partial charge in [-0.15, -0.1) is 0 Å². The highest BCUT2D eigenvalue weighted by molar-refractivity contribution is 5.80. The SMILES string of the molecule is CC1CCCC(N)C1C(=O)N1CCCOCC1. The van der Waals surface area contributed by atoms with Crippen molar-refractivity contribution < 1.29 is 9.53 Å². The Kier molecular flexibility index (Phi) is 4.40. The first-order valence-electron chi connectivity index (χ1n) is 6.82. The van der Waals surface area contributed by atoms with E-state index in [-0.39, 0.29) is 17.9 Å². The minimum Gasteiger partial charge on any atom is -0.380 e. The topological polar surface area (TPSA) is 55.6 Å². The Hall–Kier alpha value is -0.610. The maximum atomic E-state index is 12.5. The molecule has 2 fully saturated rings. The Bertz CT molecular complexity index is 252. The summed E-state index contributed by atoms with van der Waals surface area (Å²) in [6, 6.07) is 0.0513. The zero-order valence-electron chi connectivity index (χ0n) is 10.7. The standard InChI is InChI=1S/C13H24N2O2/c1-10-4-2-5-11(14)12(10)13(16)15-6-3-8-17-9-7-15/h10-12H,2-9,14H2,1H3. The average molecular weight is 240 g/mol. The highest BCUT2D eigenvalue weighted by Gasteiger charge is 2.36. The summed E-state index contributed by atoms with van der Waals surface area (Å²) in [4.78, 5) is 14.5. The lowest BCUT2D eigenvalue weighted by molar-refractivity contribution is -0.139. The van der Waals surface area contributed by atoms with Gasteiger partial charge < -0.3 is 15.4 Å². The van der Waals surface area contributed by atoms with E-state index in [9.17, 15) is 4.79 Å². The van der Waals surface area contributed by atoms with Crippen molar-refractivity contribution in [2.75, 3.05) is 26.3 Å². The first-order chi connectivity index (χ1) is 8.20. The van der Waals surface area contributed by atoms with E-state index in [4.69, 9.17) is 10.5 Å². The number of rotatable bonds is 1. The number of hydrogen-bond acceptors (Lipinski definition) is 3. The van der Waals surface area contributed by atoms with Gasteiger partial charge in [-0.25, -0.2) is 0 Å². The van der Waals surface area contributed by atoms with Crippen LogP contribution < -0.4 is 5.73 Å². The molecule has 1 aliphatic heterocycles. The first-order valence-corrected chi connectivity index (χ1v) is 6.82. The van der Waals surface area contributed by atoms with E-state index in [2.05, 4.69) is 6.92 Å². The predicted molar refractivity (Wildman–Crippen MR) is 66.5 cm³/mol. The van der Waals surface area contributed by atoms with Crippen LogP contribution in [-0.4, -0.2) is 43.2 Å². The number of ether oxygens (including phenoxy) is 1. The molecule has 1 saturated heterocycles. The van der Waals surface area contributed by atoms with Crippen molar-refractivity contribution in [2.24, 2.45) is 17.6 Å². The van der Waals surface area contributed by atoms with E-state index in [1.54, 1.807) is 0 Å². The largest absolute Gasteiger partial charge is 0.380 e. The van der Waals surface area contributed by atoms with Crippen molar-refractivity contribution in [3.05, 3.63) is 0 Å². The molecule has 2 aliphatic rings. The lowest BCUT2D eigenvalue weighted by Crippen LogP contribution is -2.49. The minimum atomic E-state index is 0.0295. The summed E-state index contributed by atoms with van der Waals surface area (Å²) in [5.41, 5.74) is 6.14. The number of nitrogens with zero attached hydrogens (tertiary/aromatic N) is 1. The molecule has 2 N–H and O–H groups in total. The van der Waals surface area contributed by atoms with E-state index >= 15 is 0 Å². The maximum Gasteiger partial charge on any atom is 0.227 e. The summed E-state index contributed by atoms with van der Waals surface area (Å²) >= 11 is 0. The van der Waals surface area contributed by atoms with Gasteiger partial charge in [-0.1, -0.05) is 13.3 Å².